The second-order valence-electron chi connectivity index (χ2n) is 5.40. The molecule has 0 saturated carbocycles. The molecule has 0 aliphatic carbocycles. The molecule has 0 aliphatic rings. The van der Waals surface area contributed by atoms with Gasteiger partial charge in [0.15, 0.2) is 0 Å². The van der Waals surface area contributed by atoms with E-state index in [1.54, 1.807) is 0 Å². The maximum Gasteiger partial charge on any atom is 0.0624 e. The number of rotatable bonds is 7. The first kappa shape index (κ1) is 16.1. The Labute approximate surface area is 132 Å². The average molecular weight is 306 g/mol. The lowest BCUT2D eigenvalue weighted by molar-refractivity contribution is 0.504. The van der Waals surface area contributed by atoms with Crippen LogP contribution in [0.5, 0.6) is 0 Å². The van der Waals surface area contributed by atoms with Crippen molar-refractivity contribution in [2.75, 3.05) is 6.54 Å². The van der Waals surface area contributed by atoms with E-state index in [0.29, 0.717) is 6.04 Å². The molecule has 114 valence electrons. The summed E-state index contributed by atoms with van der Waals surface area (Å²) in [7, 11) is 2.02. The number of halogens is 1. The molecule has 0 bridgehead atoms. The third-order valence-corrected chi connectivity index (χ3v) is 3.94. The van der Waals surface area contributed by atoms with Gasteiger partial charge in [-0.05, 0) is 43.1 Å². The highest BCUT2D eigenvalue weighted by molar-refractivity contribution is 6.30. The highest BCUT2D eigenvalue weighted by Crippen LogP contribution is 2.15. The van der Waals surface area contributed by atoms with Crippen LogP contribution in [0.2, 0.25) is 5.02 Å². The number of nitrogens with one attached hydrogen (secondary N) is 1. The zero-order valence-corrected chi connectivity index (χ0v) is 13.8. The Kier molecular flexibility index (Phi) is 5.83. The average Bonchev–Trinajstić information content (AvgIpc) is 2.80. The van der Waals surface area contributed by atoms with Gasteiger partial charge in [-0.2, -0.15) is 5.10 Å². The summed E-state index contributed by atoms with van der Waals surface area (Å²) in [5, 5.41) is 8.90. The fraction of sp³-hybridized carbons (Fsp3) is 0.471. The first-order chi connectivity index (χ1) is 10.1. The van der Waals surface area contributed by atoms with Crippen LogP contribution in [-0.4, -0.2) is 22.4 Å². The maximum absolute atomic E-state index is 6.08. The van der Waals surface area contributed by atoms with Crippen LogP contribution in [0.15, 0.2) is 30.3 Å². The lowest BCUT2D eigenvalue weighted by atomic mass is 10.0. The third-order valence-electron chi connectivity index (χ3n) is 3.71. The third kappa shape index (κ3) is 4.58. The van der Waals surface area contributed by atoms with Crippen molar-refractivity contribution in [3.63, 3.8) is 0 Å². The number of likely N-dealkylation sites (N-methyl/N-ethyl adjacent to an activating group) is 1. The van der Waals surface area contributed by atoms with Crippen LogP contribution in [0.1, 0.15) is 30.8 Å². The fourth-order valence-corrected chi connectivity index (χ4v) is 2.85. The summed E-state index contributed by atoms with van der Waals surface area (Å²) in [4.78, 5) is 0. The molecule has 0 radical (unpaired) electrons. The minimum atomic E-state index is 0.397. The van der Waals surface area contributed by atoms with Gasteiger partial charge in [0, 0.05) is 30.2 Å². The van der Waals surface area contributed by atoms with Crippen LogP contribution in [0.25, 0.3) is 0 Å². The standard InChI is InChI=1S/C17H24ClN3/c1-4-15-11-17(21(3)20-15)12-16(19-5-2)10-13-7-6-8-14(18)9-13/h6-9,11,16,19H,4-5,10,12H2,1-3H3. The van der Waals surface area contributed by atoms with Crippen LogP contribution in [0.3, 0.4) is 0 Å². The molecule has 0 aliphatic heterocycles. The quantitative estimate of drug-likeness (QED) is 0.849. The molecule has 0 amide bonds. The summed E-state index contributed by atoms with van der Waals surface area (Å²) in [5.74, 6) is 0. The molecule has 1 atom stereocenters. The summed E-state index contributed by atoms with van der Waals surface area (Å²) in [6.07, 6.45) is 2.93. The number of benzene rings is 1. The predicted octanol–water partition coefficient (Wildman–Crippen LogP) is 3.40. The normalized spacial score (nSPS) is 12.6. The minimum Gasteiger partial charge on any atom is -0.314 e. The first-order valence-electron chi connectivity index (χ1n) is 7.62. The Morgan fingerprint density at radius 2 is 2.05 bits per heavy atom. The summed E-state index contributed by atoms with van der Waals surface area (Å²) in [6, 6.07) is 10.7. The van der Waals surface area contributed by atoms with Crippen molar-refractivity contribution in [1.82, 2.24) is 15.1 Å². The first-order valence-corrected chi connectivity index (χ1v) is 7.99. The van der Waals surface area contributed by atoms with Crippen molar-refractivity contribution in [3.8, 4) is 0 Å². The van der Waals surface area contributed by atoms with Crippen molar-refractivity contribution in [2.24, 2.45) is 7.05 Å². The second kappa shape index (κ2) is 7.62. The molecule has 4 heteroatoms. The van der Waals surface area contributed by atoms with Crippen LogP contribution in [0, 0.1) is 0 Å². The number of nitrogens with zero attached hydrogens (tertiary/aromatic N) is 2. The largest absolute Gasteiger partial charge is 0.314 e. The molecule has 0 saturated heterocycles. The SMILES string of the molecule is CCNC(Cc1cccc(Cl)c1)Cc1cc(CC)nn1C. The van der Waals surface area contributed by atoms with E-state index in [2.05, 4.69) is 36.4 Å². The molecule has 1 unspecified atom stereocenters. The van der Waals surface area contributed by atoms with Crippen LogP contribution < -0.4 is 5.32 Å². The molecule has 21 heavy (non-hydrogen) atoms. The smallest absolute Gasteiger partial charge is 0.0624 e. The van der Waals surface area contributed by atoms with Crippen molar-refractivity contribution >= 4 is 11.6 Å². The molecule has 3 nitrogen and oxygen atoms in total. The Morgan fingerprint density at radius 1 is 1.24 bits per heavy atom. The number of aromatic nitrogens is 2. The molecule has 0 fully saturated rings. The van der Waals surface area contributed by atoms with Gasteiger partial charge in [0.25, 0.3) is 0 Å². The van der Waals surface area contributed by atoms with Gasteiger partial charge in [-0.1, -0.05) is 37.6 Å². The molecule has 0 spiro atoms. The second-order valence-corrected chi connectivity index (χ2v) is 5.83. The summed E-state index contributed by atoms with van der Waals surface area (Å²) >= 11 is 6.08. The van der Waals surface area contributed by atoms with E-state index in [4.69, 9.17) is 11.6 Å². The molecule has 2 rings (SSSR count). The van der Waals surface area contributed by atoms with Crippen molar-refractivity contribution in [3.05, 3.63) is 52.3 Å². The Bertz CT molecular complexity index is 577. The molecule has 2 aromatic rings. The van der Waals surface area contributed by atoms with Crippen LogP contribution in [-0.2, 0) is 26.3 Å². The van der Waals surface area contributed by atoms with Gasteiger partial charge >= 0.3 is 0 Å². The highest BCUT2D eigenvalue weighted by Gasteiger charge is 2.13. The lowest BCUT2D eigenvalue weighted by Gasteiger charge is -2.18. The summed E-state index contributed by atoms with van der Waals surface area (Å²) in [5.41, 5.74) is 3.71. The van der Waals surface area contributed by atoms with Gasteiger partial charge in [0.1, 0.15) is 0 Å². The summed E-state index contributed by atoms with van der Waals surface area (Å²) < 4.78 is 2.00. The van der Waals surface area contributed by atoms with E-state index < -0.39 is 0 Å². The van der Waals surface area contributed by atoms with Crippen molar-refractivity contribution in [2.45, 2.75) is 39.2 Å². The van der Waals surface area contributed by atoms with Gasteiger partial charge in [-0.25, -0.2) is 0 Å². The maximum atomic E-state index is 6.08. The fourth-order valence-electron chi connectivity index (χ4n) is 2.64. The Morgan fingerprint density at radius 3 is 2.67 bits per heavy atom. The predicted molar refractivity (Wildman–Crippen MR) is 88.9 cm³/mol. The topological polar surface area (TPSA) is 29.9 Å². The van der Waals surface area contributed by atoms with Gasteiger partial charge < -0.3 is 5.32 Å². The van der Waals surface area contributed by atoms with Crippen molar-refractivity contribution in [1.29, 1.82) is 0 Å². The molecule has 1 heterocycles. The van der Waals surface area contributed by atoms with E-state index in [0.717, 1.165) is 36.5 Å². The van der Waals surface area contributed by atoms with Crippen LogP contribution >= 0.6 is 11.6 Å². The zero-order chi connectivity index (χ0) is 15.2. The number of hydrogen-bond acceptors (Lipinski definition) is 2. The van der Waals surface area contributed by atoms with Crippen LogP contribution in [0.4, 0.5) is 0 Å². The van der Waals surface area contributed by atoms with E-state index >= 15 is 0 Å². The van der Waals surface area contributed by atoms with Gasteiger partial charge in [0.05, 0.1) is 5.69 Å². The number of hydrogen-bond donors (Lipinski definition) is 1. The number of aryl methyl sites for hydroxylation is 2. The van der Waals surface area contributed by atoms with E-state index in [-0.39, 0.29) is 0 Å². The molecular formula is C17H24ClN3. The molecule has 1 aromatic carbocycles. The molecule has 1 N–H and O–H groups in total. The van der Waals surface area contributed by atoms with Crippen molar-refractivity contribution < 1.29 is 0 Å². The monoisotopic (exact) mass is 305 g/mol. The van der Waals surface area contributed by atoms with Gasteiger partial charge in [-0.15, -0.1) is 0 Å². The van der Waals surface area contributed by atoms with Gasteiger partial charge in [0.2, 0.25) is 0 Å². The molecular weight excluding hydrogens is 282 g/mol. The zero-order valence-electron chi connectivity index (χ0n) is 13.1. The Hall–Kier alpha value is -1.32. The molecule has 1 aromatic heterocycles. The summed E-state index contributed by atoms with van der Waals surface area (Å²) in [6.45, 7) is 5.25. The minimum absolute atomic E-state index is 0.397. The van der Waals surface area contributed by atoms with E-state index in [1.807, 2.05) is 29.9 Å². The van der Waals surface area contributed by atoms with E-state index in [9.17, 15) is 0 Å². The Balaban J connectivity index is 2.09. The van der Waals surface area contributed by atoms with E-state index in [1.165, 1.54) is 11.3 Å². The lowest BCUT2D eigenvalue weighted by Crippen LogP contribution is -2.33. The highest BCUT2D eigenvalue weighted by atomic mass is 35.5. The van der Waals surface area contributed by atoms with Gasteiger partial charge in [-0.3, -0.25) is 4.68 Å².